The molecule has 0 aliphatic heterocycles. The van der Waals surface area contributed by atoms with Crippen molar-refractivity contribution in [1.82, 2.24) is 0 Å². The van der Waals surface area contributed by atoms with Crippen molar-refractivity contribution in [2.45, 2.75) is 23.6 Å². The van der Waals surface area contributed by atoms with Crippen LogP contribution in [0.2, 0.25) is 0 Å². The summed E-state index contributed by atoms with van der Waals surface area (Å²) in [5.41, 5.74) is -0.0478. The van der Waals surface area contributed by atoms with Gasteiger partial charge in [-0.1, -0.05) is 36.4 Å². The van der Waals surface area contributed by atoms with Crippen LogP contribution < -0.4 is 9.44 Å². The number of carbonyl (C=O) groups excluding carboxylic acids is 1. The summed E-state index contributed by atoms with van der Waals surface area (Å²) < 4.78 is 55.9. The van der Waals surface area contributed by atoms with E-state index in [2.05, 4.69) is 9.44 Å². The number of hydrogen-bond acceptors (Lipinski definition) is 6. The average Bonchev–Trinajstić information content (AvgIpc) is 2.76. The highest BCUT2D eigenvalue weighted by atomic mass is 32.2. The van der Waals surface area contributed by atoms with E-state index in [0.29, 0.717) is 0 Å². The SMILES string of the molecule is CC(=O)/C(=C(/C)O)c1cc(NS(=O)(=O)c2ccccc2)ccc1NS(=O)(=O)c1ccccc1. The molecule has 3 rings (SSSR count). The highest BCUT2D eigenvalue weighted by molar-refractivity contribution is 7.93. The number of rotatable bonds is 8. The number of ketones is 1. The first-order chi connectivity index (χ1) is 15.5. The van der Waals surface area contributed by atoms with Gasteiger partial charge < -0.3 is 5.11 Å². The van der Waals surface area contributed by atoms with E-state index in [4.69, 9.17) is 0 Å². The Hall–Kier alpha value is -3.63. The Kier molecular flexibility index (Phi) is 6.89. The maximum Gasteiger partial charge on any atom is 0.261 e. The predicted octanol–water partition coefficient (Wildman–Crippen LogP) is 4.17. The summed E-state index contributed by atoms with van der Waals surface area (Å²) >= 11 is 0. The van der Waals surface area contributed by atoms with E-state index in [1.165, 1.54) is 56.3 Å². The number of carbonyl (C=O) groups is 1. The lowest BCUT2D eigenvalue weighted by Crippen LogP contribution is -2.16. The van der Waals surface area contributed by atoms with Gasteiger partial charge in [-0.3, -0.25) is 14.2 Å². The lowest BCUT2D eigenvalue weighted by atomic mass is 9.99. The Morgan fingerprint density at radius 2 is 1.21 bits per heavy atom. The van der Waals surface area contributed by atoms with E-state index >= 15 is 0 Å². The van der Waals surface area contributed by atoms with Gasteiger partial charge in [0, 0.05) is 11.3 Å². The molecule has 172 valence electrons. The zero-order valence-corrected chi connectivity index (χ0v) is 19.4. The zero-order valence-electron chi connectivity index (χ0n) is 17.8. The highest BCUT2D eigenvalue weighted by Gasteiger charge is 2.22. The van der Waals surface area contributed by atoms with Gasteiger partial charge in [0.25, 0.3) is 20.0 Å². The summed E-state index contributed by atoms with van der Waals surface area (Å²) in [5, 5.41) is 10.1. The lowest BCUT2D eigenvalue weighted by molar-refractivity contribution is -0.111. The van der Waals surface area contributed by atoms with Gasteiger partial charge >= 0.3 is 0 Å². The van der Waals surface area contributed by atoms with Crippen molar-refractivity contribution in [1.29, 1.82) is 0 Å². The van der Waals surface area contributed by atoms with Crippen LogP contribution in [-0.2, 0) is 24.8 Å². The molecule has 0 aliphatic carbocycles. The summed E-state index contributed by atoms with van der Waals surface area (Å²) in [5.74, 6) is -0.871. The van der Waals surface area contributed by atoms with Crippen molar-refractivity contribution in [3.05, 3.63) is 90.2 Å². The van der Waals surface area contributed by atoms with Gasteiger partial charge in [-0.2, -0.15) is 0 Å². The van der Waals surface area contributed by atoms with Crippen LogP contribution in [-0.4, -0.2) is 27.7 Å². The minimum Gasteiger partial charge on any atom is -0.512 e. The number of anilines is 2. The largest absolute Gasteiger partial charge is 0.512 e. The van der Waals surface area contributed by atoms with E-state index in [-0.39, 0.29) is 38.1 Å². The molecule has 33 heavy (non-hydrogen) atoms. The van der Waals surface area contributed by atoms with E-state index in [9.17, 15) is 26.7 Å². The number of Topliss-reactive ketones (excluding diaryl/α,β-unsaturated/α-hetero) is 1. The Morgan fingerprint density at radius 1 is 0.727 bits per heavy atom. The van der Waals surface area contributed by atoms with Crippen LogP contribution in [0.15, 0.2) is 94.4 Å². The van der Waals surface area contributed by atoms with Crippen molar-refractivity contribution in [2.24, 2.45) is 0 Å². The molecule has 3 aromatic carbocycles. The molecule has 3 aromatic rings. The number of benzene rings is 3. The highest BCUT2D eigenvalue weighted by Crippen LogP contribution is 2.32. The number of aliphatic hydroxyl groups is 1. The summed E-state index contributed by atoms with van der Waals surface area (Å²) in [4.78, 5) is 12.3. The quantitative estimate of drug-likeness (QED) is 0.324. The van der Waals surface area contributed by atoms with Crippen LogP contribution in [0.4, 0.5) is 11.4 Å². The third kappa shape index (κ3) is 5.60. The number of aliphatic hydroxyl groups excluding tert-OH is 1. The zero-order chi connectivity index (χ0) is 24.2. The molecular weight excluding hydrogens is 464 g/mol. The van der Waals surface area contributed by atoms with Crippen molar-refractivity contribution in [3.63, 3.8) is 0 Å². The molecule has 3 N–H and O–H groups in total. The van der Waals surface area contributed by atoms with Crippen LogP contribution >= 0.6 is 0 Å². The molecule has 0 atom stereocenters. The first-order valence-electron chi connectivity index (χ1n) is 9.72. The van der Waals surface area contributed by atoms with Crippen molar-refractivity contribution >= 4 is 42.8 Å². The first-order valence-corrected chi connectivity index (χ1v) is 12.7. The smallest absolute Gasteiger partial charge is 0.261 e. The molecule has 0 saturated heterocycles. The normalized spacial score (nSPS) is 12.5. The molecule has 0 aliphatic rings. The van der Waals surface area contributed by atoms with Crippen LogP contribution in [0.25, 0.3) is 5.57 Å². The monoisotopic (exact) mass is 486 g/mol. The summed E-state index contributed by atoms with van der Waals surface area (Å²) in [6.45, 7) is 2.50. The Morgan fingerprint density at radius 3 is 1.67 bits per heavy atom. The predicted molar refractivity (Wildman–Crippen MR) is 127 cm³/mol. The first kappa shape index (κ1) is 24.0. The molecule has 0 fully saturated rings. The van der Waals surface area contributed by atoms with E-state index in [1.807, 2.05) is 0 Å². The Bertz CT molecular complexity index is 1410. The second-order valence-corrected chi connectivity index (χ2v) is 10.5. The number of hydrogen-bond donors (Lipinski definition) is 3. The fourth-order valence-corrected chi connectivity index (χ4v) is 5.33. The van der Waals surface area contributed by atoms with Gasteiger partial charge in [0.1, 0.15) is 5.76 Å². The molecule has 0 amide bonds. The van der Waals surface area contributed by atoms with Gasteiger partial charge in [0.2, 0.25) is 0 Å². The minimum absolute atomic E-state index is 0.000104. The number of sulfonamides is 2. The molecule has 10 heteroatoms. The fourth-order valence-electron chi connectivity index (χ4n) is 3.16. The maximum absolute atomic E-state index is 12.8. The third-order valence-electron chi connectivity index (χ3n) is 4.61. The second kappa shape index (κ2) is 9.47. The van der Waals surface area contributed by atoms with Crippen LogP contribution in [0.1, 0.15) is 19.4 Å². The molecule has 8 nitrogen and oxygen atoms in total. The van der Waals surface area contributed by atoms with E-state index in [0.717, 1.165) is 0 Å². The van der Waals surface area contributed by atoms with Gasteiger partial charge in [0.15, 0.2) is 5.78 Å². The Balaban J connectivity index is 2.10. The fraction of sp³-hybridized carbons (Fsp3) is 0.0870. The molecule has 0 spiro atoms. The topological polar surface area (TPSA) is 130 Å². The third-order valence-corrected chi connectivity index (χ3v) is 7.38. The van der Waals surface area contributed by atoms with Gasteiger partial charge in [-0.05, 0) is 56.3 Å². The number of nitrogens with one attached hydrogen (secondary N) is 2. The molecule has 0 heterocycles. The Labute approximate surface area is 192 Å². The number of allylic oxidation sites excluding steroid dienone is 2. The molecule has 0 radical (unpaired) electrons. The van der Waals surface area contributed by atoms with Crippen molar-refractivity contribution < 1.29 is 26.7 Å². The molecular formula is C23H22N2O6S2. The van der Waals surface area contributed by atoms with Crippen molar-refractivity contribution in [3.8, 4) is 0 Å². The molecule has 0 aromatic heterocycles. The molecule has 0 saturated carbocycles. The van der Waals surface area contributed by atoms with Gasteiger partial charge in [-0.25, -0.2) is 16.8 Å². The summed E-state index contributed by atoms with van der Waals surface area (Å²) in [6.07, 6.45) is 0. The summed E-state index contributed by atoms with van der Waals surface area (Å²) in [7, 11) is -7.96. The van der Waals surface area contributed by atoms with Gasteiger partial charge in [-0.15, -0.1) is 0 Å². The van der Waals surface area contributed by atoms with Crippen LogP contribution in [0.3, 0.4) is 0 Å². The summed E-state index contributed by atoms with van der Waals surface area (Å²) in [6, 6.07) is 19.3. The minimum atomic E-state index is -4.02. The second-order valence-electron chi connectivity index (χ2n) is 7.11. The lowest BCUT2D eigenvalue weighted by Gasteiger charge is -2.17. The van der Waals surface area contributed by atoms with E-state index in [1.54, 1.807) is 36.4 Å². The van der Waals surface area contributed by atoms with Crippen LogP contribution in [0.5, 0.6) is 0 Å². The molecule has 0 bridgehead atoms. The van der Waals surface area contributed by atoms with E-state index < -0.39 is 25.8 Å². The maximum atomic E-state index is 12.8. The standard InChI is InChI=1S/C23H22N2O6S2/c1-16(26)23(17(2)27)21-15-18(24-32(28,29)19-9-5-3-6-10-19)13-14-22(21)25-33(30,31)20-11-7-4-8-12-20/h3-15,24-26H,1-2H3/b23-16+. The van der Waals surface area contributed by atoms with Gasteiger partial charge in [0.05, 0.1) is 21.1 Å². The van der Waals surface area contributed by atoms with Crippen LogP contribution in [0, 0.1) is 0 Å². The average molecular weight is 487 g/mol. The van der Waals surface area contributed by atoms with Crippen molar-refractivity contribution in [2.75, 3.05) is 9.44 Å². The molecule has 0 unspecified atom stereocenters.